The van der Waals surface area contributed by atoms with Crippen LogP contribution in [-0.4, -0.2) is 38.9 Å². The molecule has 152 valence electrons. The third kappa shape index (κ3) is 6.90. The number of carbonyl (C=O) groups excluding carboxylic acids is 1. The summed E-state index contributed by atoms with van der Waals surface area (Å²) in [5.74, 6) is 0.854. The zero-order valence-corrected chi connectivity index (χ0v) is 16.8. The van der Waals surface area contributed by atoms with Crippen LogP contribution in [0, 0.1) is 11.3 Å². The molecule has 1 aromatic rings. The monoisotopic (exact) mass is 386 g/mol. The van der Waals surface area contributed by atoms with Gasteiger partial charge in [0.2, 0.25) is 0 Å². The van der Waals surface area contributed by atoms with Gasteiger partial charge in [0.05, 0.1) is 19.8 Å². The lowest BCUT2D eigenvalue weighted by Gasteiger charge is -2.12. The molecule has 1 amide bonds. The Morgan fingerprint density at radius 3 is 2.89 bits per heavy atom. The van der Waals surface area contributed by atoms with E-state index in [-0.39, 0.29) is 11.7 Å². The molecular weight excluding hydrogens is 356 g/mol. The van der Waals surface area contributed by atoms with Crippen LogP contribution in [0.3, 0.4) is 0 Å². The lowest BCUT2D eigenvalue weighted by molar-refractivity contribution is -0.117. The van der Waals surface area contributed by atoms with Crippen molar-refractivity contribution in [3.63, 3.8) is 0 Å². The summed E-state index contributed by atoms with van der Waals surface area (Å²) in [5.41, 5.74) is 0.757. The number of nitriles is 1. The van der Waals surface area contributed by atoms with Crippen molar-refractivity contribution in [3.8, 4) is 17.6 Å². The number of rotatable bonds is 11. The summed E-state index contributed by atoms with van der Waals surface area (Å²) in [6.07, 6.45) is 8.07. The van der Waals surface area contributed by atoms with Crippen molar-refractivity contribution in [1.29, 1.82) is 5.26 Å². The second-order valence-corrected chi connectivity index (χ2v) is 6.83. The zero-order valence-electron chi connectivity index (χ0n) is 16.8. The maximum Gasteiger partial charge on any atom is 0.262 e. The van der Waals surface area contributed by atoms with Gasteiger partial charge in [-0.25, -0.2) is 0 Å². The fourth-order valence-corrected chi connectivity index (χ4v) is 3.03. The molecule has 0 aromatic heterocycles. The van der Waals surface area contributed by atoms with Crippen molar-refractivity contribution in [3.05, 3.63) is 29.3 Å². The number of unbranched alkanes of at least 4 members (excludes halogenated alkanes) is 3. The Bertz CT molecular complexity index is 703. The molecule has 28 heavy (non-hydrogen) atoms. The molecule has 0 bridgehead atoms. The van der Waals surface area contributed by atoms with E-state index in [1.54, 1.807) is 19.3 Å². The highest BCUT2D eigenvalue weighted by Crippen LogP contribution is 2.29. The normalized spacial score (nSPS) is 16.5. The van der Waals surface area contributed by atoms with Crippen LogP contribution in [0.1, 0.15) is 51.0 Å². The maximum absolute atomic E-state index is 12.3. The van der Waals surface area contributed by atoms with E-state index >= 15 is 0 Å². The van der Waals surface area contributed by atoms with E-state index in [1.165, 1.54) is 12.8 Å². The number of carbonyl (C=O) groups is 1. The largest absolute Gasteiger partial charge is 0.493 e. The lowest BCUT2D eigenvalue weighted by Crippen LogP contribution is -2.32. The summed E-state index contributed by atoms with van der Waals surface area (Å²) in [6.45, 7) is 3.97. The summed E-state index contributed by atoms with van der Waals surface area (Å²) in [5, 5.41) is 12.1. The van der Waals surface area contributed by atoms with Crippen molar-refractivity contribution in [1.82, 2.24) is 5.32 Å². The van der Waals surface area contributed by atoms with Crippen molar-refractivity contribution in [2.75, 3.05) is 26.9 Å². The van der Waals surface area contributed by atoms with Crippen molar-refractivity contribution < 1.29 is 19.0 Å². The minimum absolute atomic E-state index is 0.0396. The Morgan fingerprint density at radius 2 is 2.21 bits per heavy atom. The quantitative estimate of drug-likeness (QED) is 0.355. The molecule has 1 fully saturated rings. The Labute approximate surface area is 167 Å². The highest BCUT2D eigenvalue weighted by Gasteiger charge is 2.17. The van der Waals surface area contributed by atoms with Crippen molar-refractivity contribution in [2.24, 2.45) is 0 Å². The first-order valence-corrected chi connectivity index (χ1v) is 10.00. The number of ether oxygens (including phenoxy) is 3. The fraction of sp³-hybridized carbons (Fsp3) is 0.545. The van der Waals surface area contributed by atoms with Crippen LogP contribution in [0.2, 0.25) is 0 Å². The average molecular weight is 386 g/mol. The maximum atomic E-state index is 12.3. The Balaban J connectivity index is 1.97. The molecule has 0 aliphatic carbocycles. The van der Waals surface area contributed by atoms with Crippen LogP contribution in [0.5, 0.6) is 11.5 Å². The Hall–Kier alpha value is -2.52. The van der Waals surface area contributed by atoms with Gasteiger partial charge in [-0.15, -0.1) is 0 Å². The van der Waals surface area contributed by atoms with Gasteiger partial charge in [-0.3, -0.25) is 4.79 Å². The Kier molecular flexibility index (Phi) is 9.36. The summed E-state index contributed by atoms with van der Waals surface area (Å²) >= 11 is 0. The third-order valence-corrected chi connectivity index (χ3v) is 4.63. The topological polar surface area (TPSA) is 80.6 Å². The lowest BCUT2D eigenvalue weighted by atomic mass is 10.1. The second kappa shape index (κ2) is 12.0. The predicted molar refractivity (Wildman–Crippen MR) is 108 cm³/mol. The van der Waals surface area contributed by atoms with Gasteiger partial charge in [0.25, 0.3) is 5.91 Å². The molecule has 0 spiro atoms. The number of nitrogens with zero attached hydrogens (tertiary/aromatic N) is 1. The number of hydrogen-bond acceptors (Lipinski definition) is 5. The summed E-state index contributed by atoms with van der Waals surface area (Å²) in [6, 6.07) is 7.36. The standard InChI is InChI=1S/C22H30N2O4/c1-3-4-5-6-11-28-20-10-9-17(14-21(20)26-2)13-18(15-23)22(25)24-16-19-8-7-12-27-19/h9-10,13-14,19H,3-8,11-12,16H2,1-2H3,(H,24,25)/b18-13+/t19-/m1/s1. The number of amides is 1. The van der Waals surface area contributed by atoms with E-state index in [0.29, 0.717) is 30.2 Å². The molecule has 1 N–H and O–H groups in total. The summed E-state index contributed by atoms with van der Waals surface area (Å²) in [7, 11) is 1.58. The first-order valence-electron chi connectivity index (χ1n) is 10.00. The SMILES string of the molecule is CCCCCCOc1ccc(/C=C(\C#N)C(=O)NC[C@H]2CCCO2)cc1OC. The van der Waals surface area contributed by atoms with Gasteiger partial charge in [-0.05, 0) is 43.0 Å². The van der Waals surface area contributed by atoms with Crippen molar-refractivity contribution in [2.45, 2.75) is 51.6 Å². The van der Waals surface area contributed by atoms with E-state index in [1.807, 2.05) is 18.2 Å². The van der Waals surface area contributed by atoms with E-state index in [2.05, 4.69) is 12.2 Å². The van der Waals surface area contributed by atoms with Crippen LogP contribution < -0.4 is 14.8 Å². The number of hydrogen-bond donors (Lipinski definition) is 1. The molecule has 1 saturated heterocycles. The molecule has 0 radical (unpaired) electrons. The van der Waals surface area contributed by atoms with E-state index in [4.69, 9.17) is 14.2 Å². The number of methoxy groups -OCH3 is 1. The molecule has 6 nitrogen and oxygen atoms in total. The van der Waals surface area contributed by atoms with Crippen LogP contribution in [-0.2, 0) is 9.53 Å². The molecule has 1 atom stereocenters. The number of nitrogens with one attached hydrogen (secondary N) is 1. The van der Waals surface area contributed by atoms with Gasteiger partial charge in [-0.2, -0.15) is 5.26 Å². The smallest absolute Gasteiger partial charge is 0.262 e. The molecule has 1 aliphatic heterocycles. The molecule has 0 unspecified atom stereocenters. The Morgan fingerprint density at radius 1 is 1.36 bits per heavy atom. The first-order chi connectivity index (χ1) is 13.7. The van der Waals surface area contributed by atoms with Gasteiger partial charge >= 0.3 is 0 Å². The van der Waals surface area contributed by atoms with Gasteiger partial charge < -0.3 is 19.5 Å². The second-order valence-electron chi connectivity index (χ2n) is 6.83. The van der Waals surface area contributed by atoms with E-state index in [9.17, 15) is 10.1 Å². The number of benzene rings is 1. The molecule has 6 heteroatoms. The predicted octanol–water partition coefficient (Wildman–Crippen LogP) is 3.86. The van der Waals surface area contributed by atoms with Crippen LogP contribution >= 0.6 is 0 Å². The van der Waals surface area contributed by atoms with Crippen LogP contribution in [0.4, 0.5) is 0 Å². The molecule has 1 aromatic carbocycles. The van der Waals surface area contributed by atoms with Crippen LogP contribution in [0.15, 0.2) is 23.8 Å². The molecule has 1 aliphatic rings. The highest BCUT2D eigenvalue weighted by atomic mass is 16.5. The molecule has 1 heterocycles. The van der Waals surface area contributed by atoms with Gasteiger partial charge in [0.1, 0.15) is 11.6 Å². The minimum Gasteiger partial charge on any atom is -0.493 e. The van der Waals surface area contributed by atoms with Crippen LogP contribution in [0.25, 0.3) is 6.08 Å². The third-order valence-electron chi connectivity index (χ3n) is 4.63. The highest BCUT2D eigenvalue weighted by molar-refractivity contribution is 6.01. The van der Waals surface area contributed by atoms with E-state index in [0.717, 1.165) is 32.3 Å². The van der Waals surface area contributed by atoms with Gasteiger partial charge in [0.15, 0.2) is 11.5 Å². The molecule has 0 saturated carbocycles. The zero-order chi connectivity index (χ0) is 20.2. The van der Waals surface area contributed by atoms with E-state index < -0.39 is 5.91 Å². The minimum atomic E-state index is -0.395. The summed E-state index contributed by atoms with van der Waals surface area (Å²) < 4.78 is 16.7. The summed E-state index contributed by atoms with van der Waals surface area (Å²) in [4.78, 5) is 12.3. The molecule has 2 rings (SSSR count). The molecular formula is C22H30N2O4. The fourth-order valence-electron chi connectivity index (χ4n) is 3.03. The van der Waals surface area contributed by atoms with Gasteiger partial charge in [-0.1, -0.05) is 32.3 Å². The average Bonchev–Trinajstić information content (AvgIpc) is 3.24. The first kappa shape index (κ1) is 21.8. The van der Waals surface area contributed by atoms with Gasteiger partial charge in [0, 0.05) is 13.2 Å². The van der Waals surface area contributed by atoms with Crippen molar-refractivity contribution >= 4 is 12.0 Å².